The first-order chi connectivity index (χ1) is 8.11. The highest BCUT2D eigenvalue weighted by Gasteiger charge is 2.31. The first kappa shape index (κ1) is 12.8. The van der Waals surface area contributed by atoms with Gasteiger partial charge in [0.15, 0.2) is 0 Å². The van der Waals surface area contributed by atoms with Gasteiger partial charge in [-0.2, -0.15) is 0 Å². The second-order valence-electron chi connectivity index (χ2n) is 5.18. The van der Waals surface area contributed by atoms with Gasteiger partial charge in [0.05, 0.1) is 12.1 Å². The van der Waals surface area contributed by atoms with Gasteiger partial charge >= 0.3 is 0 Å². The third-order valence-corrected chi connectivity index (χ3v) is 3.64. The number of ether oxygens (including phenoxy) is 1. The van der Waals surface area contributed by atoms with E-state index in [1.165, 1.54) is 0 Å². The molecule has 0 aromatic rings. The lowest BCUT2D eigenvalue weighted by atomic mass is 9.94. The van der Waals surface area contributed by atoms with Gasteiger partial charge in [0.2, 0.25) is 5.91 Å². The summed E-state index contributed by atoms with van der Waals surface area (Å²) in [6.45, 7) is 2.00. The molecular weight excluding hydrogens is 220 g/mol. The van der Waals surface area contributed by atoms with Gasteiger partial charge in [-0.1, -0.05) is 0 Å². The number of hydrogen-bond acceptors (Lipinski definition) is 4. The van der Waals surface area contributed by atoms with Crippen LogP contribution < -0.4 is 5.32 Å². The van der Waals surface area contributed by atoms with Gasteiger partial charge in [-0.05, 0) is 12.8 Å². The molecule has 1 aliphatic carbocycles. The van der Waals surface area contributed by atoms with E-state index < -0.39 is 5.60 Å². The van der Waals surface area contributed by atoms with Gasteiger partial charge in [-0.15, -0.1) is 0 Å². The fourth-order valence-corrected chi connectivity index (χ4v) is 2.12. The lowest BCUT2D eigenvalue weighted by molar-refractivity contribution is -0.129. The maximum atomic E-state index is 11.7. The van der Waals surface area contributed by atoms with Crippen molar-refractivity contribution < 1.29 is 14.6 Å². The maximum absolute atomic E-state index is 11.7. The summed E-state index contributed by atoms with van der Waals surface area (Å²) in [5, 5.41) is 13.2. The van der Waals surface area contributed by atoms with Crippen LogP contribution in [0.15, 0.2) is 0 Å². The van der Waals surface area contributed by atoms with Crippen molar-refractivity contribution in [1.29, 1.82) is 0 Å². The first-order valence-electron chi connectivity index (χ1n) is 6.37. The Bertz CT molecular complexity index is 273. The topological polar surface area (TPSA) is 61.8 Å². The number of carbonyl (C=O) groups excluding carboxylic acids is 1. The Balaban J connectivity index is 1.65. The molecule has 1 aliphatic heterocycles. The molecule has 5 heteroatoms. The zero-order chi connectivity index (χ0) is 12.3. The highest BCUT2D eigenvalue weighted by molar-refractivity contribution is 5.78. The van der Waals surface area contributed by atoms with Crippen LogP contribution in [0.25, 0.3) is 0 Å². The van der Waals surface area contributed by atoms with Gasteiger partial charge < -0.3 is 20.1 Å². The molecule has 1 saturated heterocycles. The van der Waals surface area contributed by atoms with E-state index in [0.717, 1.165) is 12.8 Å². The summed E-state index contributed by atoms with van der Waals surface area (Å²) in [4.78, 5) is 13.5. The van der Waals surface area contributed by atoms with Crippen LogP contribution in [-0.2, 0) is 9.53 Å². The van der Waals surface area contributed by atoms with Crippen molar-refractivity contribution in [2.75, 3.05) is 33.4 Å². The highest BCUT2D eigenvalue weighted by Crippen LogP contribution is 2.25. The number of hydrogen-bond donors (Lipinski definition) is 2. The van der Waals surface area contributed by atoms with E-state index in [0.29, 0.717) is 45.2 Å². The van der Waals surface area contributed by atoms with Crippen molar-refractivity contribution >= 4 is 5.91 Å². The summed E-state index contributed by atoms with van der Waals surface area (Å²) < 4.78 is 5.21. The molecule has 2 rings (SSSR count). The summed E-state index contributed by atoms with van der Waals surface area (Å²) in [5.74, 6) is 0.114. The minimum atomic E-state index is -0.698. The largest absolute Gasteiger partial charge is 0.388 e. The van der Waals surface area contributed by atoms with Crippen LogP contribution in [-0.4, -0.2) is 60.9 Å². The molecule has 17 heavy (non-hydrogen) atoms. The molecular formula is C12H22N2O3. The van der Waals surface area contributed by atoms with Gasteiger partial charge in [-0.3, -0.25) is 4.79 Å². The third-order valence-electron chi connectivity index (χ3n) is 3.64. The fraction of sp³-hybridized carbons (Fsp3) is 0.917. The van der Waals surface area contributed by atoms with E-state index in [1.54, 1.807) is 4.90 Å². The van der Waals surface area contributed by atoms with Gasteiger partial charge in [0.1, 0.15) is 0 Å². The van der Waals surface area contributed by atoms with Gasteiger partial charge in [0.25, 0.3) is 0 Å². The molecule has 98 valence electrons. The highest BCUT2D eigenvalue weighted by atomic mass is 16.5. The molecule has 0 bridgehead atoms. The SMILES string of the molecule is CN(C(=O)CNCC1(O)CCOCC1)C1CC1. The predicted molar refractivity (Wildman–Crippen MR) is 63.7 cm³/mol. The normalized spacial score (nSPS) is 23.4. The molecule has 1 saturated carbocycles. The standard InChI is InChI=1S/C12H22N2O3/c1-14(10-2-3-10)11(15)8-13-9-12(16)4-6-17-7-5-12/h10,13,16H,2-9H2,1H3. The third kappa shape index (κ3) is 3.66. The Kier molecular flexibility index (Phi) is 4.01. The predicted octanol–water partition coefficient (Wildman–Crippen LogP) is -0.262. The molecule has 0 aromatic carbocycles. The van der Waals surface area contributed by atoms with E-state index in [1.807, 2.05) is 7.05 Å². The van der Waals surface area contributed by atoms with Crippen molar-refractivity contribution in [3.05, 3.63) is 0 Å². The Morgan fingerprint density at radius 2 is 2.12 bits per heavy atom. The van der Waals surface area contributed by atoms with Crippen molar-refractivity contribution in [2.45, 2.75) is 37.3 Å². The average Bonchev–Trinajstić information content (AvgIpc) is 3.12. The van der Waals surface area contributed by atoms with Crippen molar-refractivity contribution in [1.82, 2.24) is 10.2 Å². The van der Waals surface area contributed by atoms with Crippen molar-refractivity contribution in [2.24, 2.45) is 0 Å². The number of rotatable bonds is 5. The second kappa shape index (κ2) is 5.33. The van der Waals surface area contributed by atoms with Crippen LogP contribution >= 0.6 is 0 Å². The quantitative estimate of drug-likeness (QED) is 0.697. The maximum Gasteiger partial charge on any atom is 0.236 e. The molecule has 0 aromatic heterocycles. The van der Waals surface area contributed by atoms with Crippen LogP contribution in [0, 0.1) is 0 Å². The van der Waals surface area contributed by atoms with E-state index in [9.17, 15) is 9.90 Å². The Hall–Kier alpha value is -0.650. The van der Waals surface area contributed by atoms with Crippen LogP contribution in [0.5, 0.6) is 0 Å². The Morgan fingerprint density at radius 1 is 1.47 bits per heavy atom. The van der Waals surface area contributed by atoms with Crippen molar-refractivity contribution in [3.8, 4) is 0 Å². The zero-order valence-electron chi connectivity index (χ0n) is 10.4. The molecule has 2 aliphatic rings. The van der Waals surface area contributed by atoms with Crippen molar-refractivity contribution in [3.63, 3.8) is 0 Å². The number of nitrogens with zero attached hydrogens (tertiary/aromatic N) is 1. The fourth-order valence-electron chi connectivity index (χ4n) is 2.12. The molecule has 2 N–H and O–H groups in total. The zero-order valence-corrected chi connectivity index (χ0v) is 10.4. The molecule has 0 atom stereocenters. The Labute approximate surface area is 102 Å². The van der Waals surface area contributed by atoms with Gasteiger partial charge in [0, 0.05) is 45.7 Å². The Morgan fingerprint density at radius 3 is 2.71 bits per heavy atom. The number of aliphatic hydroxyl groups is 1. The molecule has 5 nitrogen and oxygen atoms in total. The minimum Gasteiger partial charge on any atom is -0.388 e. The summed E-state index contributed by atoms with van der Waals surface area (Å²) in [5.41, 5.74) is -0.698. The molecule has 2 fully saturated rings. The number of amides is 1. The van der Waals surface area contributed by atoms with E-state index in [4.69, 9.17) is 4.74 Å². The van der Waals surface area contributed by atoms with E-state index in [-0.39, 0.29) is 5.91 Å². The minimum absolute atomic E-state index is 0.114. The summed E-state index contributed by atoms with van der Waals surface area (Å²) >= 11 is 0. The monoisotopic (exact) mass is 242 g/mol. The molecule has 1 amide bonds. The smallest absolute Gasteiger partial charge is 0.236 e. The molecule has 0 radical (unpaired) electrons. The number of nitrogens with one attached hydrogen (secondary N) is 1. The molecule has 0 spiro atoms. The number of likely N-dealkylation sites (N-methyl/N-ethyl adjacent to an activating group) is 1. The van der Waals surface area contributed by atoms with Crippen LogP contribution in [0.3, 0.4) is 0 Å². The second-order valence-corrected chi connectivity index (χ2v) is 5.18. The van der Waals surface area contributed by atoms with E-state index >= 15 is 0 Å². The lowest BCUT2D eigenvalue weighted by Crippen LogP contribution is -2.47. The molecule has 0 unspecified atom stereocenters. The van der Waals surface area contributed by atoms with Crippen LogP contribution in [0.4, 0.5) is 0 Å². The van der Waals surface area contributed by atoms with Crippen LogP contribution in [0.1, 0.15) is 25.7 Å². The average molecular weight is 242 g/mol. The number of carbonyl (C=O) groups is 1. The van der Waals surface area contributed by atoms with Crippen LogP contribution in [0.2, 0.25) is 0 Å². The first-order valence-corrected chi connectivity index (χ1v) is 6.37. The lowest BCUT2D eigenvalue weighted by Gasteiger charge is -2.32. The summed E-state index contributed by atoms with van der Waals surface area (Å²) in [6.07, 6.45) is 3.55. The molecule has 1 heterocycles. The summed E-state index contributed by atoms with van der Waals surface area (Å²) in [7, 11) is 1.85. The summed E-state index contributed by atoms with van der Waals surface area (Å²) in [6, 6.07) is 0.454. The van der Waals surface area contributed by atoms with Gasteiger partial charge in [-0.25, -0.2) is 0 Å². The van der Waals surface area contributed by atoms with E-state index in [2.05, 4.69) is 5.32 Å².